The van der Waals surface area contributed by atoms with Crippen LogP contribution < -0.4 is 11.1 Å². The van der Waals surface area contributed by atoms with E-state index in [9.17, 15) is 9.59 Å². The smallest absolute Gasteiger partial charge is 0.392 e. The molecule has 0 aliphatic rings. The highest BCUT2D eigenvalue weighted by Crippen LogP contribution is 2.15. The molecule has 2 aromatic carbocycles. The predicted octanol–water partition coefficient (Wildman–Crippen LogP) is 3.15. The first-order valence-corrected chi connectivity index (χ1v) is 7.56. The predicted molar refractivity (Wildman–Crippen MR) is 88.9 cm³/mol. The van der Waals surface area contributed by atoms with Crippen LogP contribution in [0, 0.1) is 6.92 Å². The number of nitrogens with one attached hydrogen (secondary N) is 1. The normalized spacial score (nSPS) is 10.5. The molecular weight excluding hydrogens is 362 g/mol. The highest BCUT2D eigenvalue weighted by Gasteiger charge is 2.09. The number of benzene rings is 2. The Labute approximate surface area is 139 Å². The van der Waals surface area contributed by atoms with E-state index in [2.05, 4.69) is 26.3 Å². The van der Waals surface area contributed by atoms with E-state index in [4.69, 9.17) is 4.42 Å². The summed E-state index contributed by atoms with van der Waals surface area (Å²) in [7, 11) is 0. The zero-order chi connectivity index (χ0) is 16.4. The lowest BCUT2D eigenvalue weighted by Crippen LogP contribution is -2.15. The molecule has 0 saturated heterocycles. The second kappa shape index (κ2) is 6.21. The maximum Gasteiger partial charge on any atom is 0.441 e. The second-order valence-corrected chi connectivity index (χ2v) is 5.72. The van der Waals surface area contributed by atoms with Crippen molar-refractivity contribution in [3.8, 4) is 5.69 Å². The van der Waals surface area contributed by atoms with Gasteiger partial charge in [-0.05, 0) is 48.5 Å². The van der Waals surface area contributed by atoms with E-state index in [1.807, 2.05) is 12.1 Å². The van der Waals surface area contributed by atoms with E-state index in [1.165, 1.54) is 0 Å². The number of nitrogens with zero attached hydrogens (tertiary/aromatic N) is 2. The Kier molecular flexibility index (Phi) is 4.12. The Balaban J connectivity index is 1.79. The van der Waals surface area contributed by atoms with Gasteiger partial charge >= 0.3 is 5.76 Å². The number of hydrogen-bond donors (Lipinski definition) is 1. The van der Waals surface area contributed by atoms with Gasteiger partial charge in [0, 0.05) is 22.6 Å². The van der Waals surface area contributed by atoms with E-state index in [-0.39, 0.29) is 11.8 Å². The first-order valence-electron chi connectivity index (χ1n) is 6.77. The summed E-state index contributed by atoms with van der Waals surface area (Å²) in [6, 6.07) is 13.8. The first-order chi connectivity index (χ1) is 11.0. The van der Waals surface area contributed by atoms with E-state index < -0.39 is 5.76 Å². The van der Waals surface area contributed by atoms with Gasteiger partial charge in [-0.3, -0.25) is 4.79 Å². The number of rotatable bonds is 3. The fourth-order valence-corrected chi connectivity index (χ4v) is 2.29. The molecule has 0 bridgehead atoms. The molecule has 0 spiro atoms. The zero-order valence-corrected chi connectivity index (χ0v) is 13.7. The number of carbonyl (C=O) groups excluding carboxylic acids is 1. The molecule has 23 heavy (non-hydrogen) atoms. The van der Waals surface area contributed by atoms with Gasteiger partial charge in [-0.15, -0.1) is 5.10 Å². The van der Waals surface area contributed by atoms with Crippen molar-refractivity contribution in [3.63, 3.8) is 0 Å². The van der Waals surface area contributed by atoms with Crippen LogP contribution in [0.15, 0.2) is 62.2 Å². The molecule has 1 heterocycles. The van der Waals surface area contributed by atoms with Crippen molar-refractivity contribution in [1.82, 2.24) is 9.78 Å². The quantitative estimate of drug-likeness (QED) is 0.764. The van der Waals surface area contributed by atoms with Gasteiger partial charge in [0.05, 0.1) is 5.69 Å². The van der Waals surface area contributed by atoms with Crippen molar-refractivity contribution in [3.05, 3.63) is 75.0 Å². The number of aromatic nitrogens is 2. The minimum Gasteiger partial charge on any atom is -0.392 e. The fraction of sp³-hybridized carbons (Fsp3) is 0.0625. The van der Waals surface area contributed by atoms with Gasteiger partial charge in [0.25, 0.3) is 5.91 Å². The van der Waals surface area contributed by atoms with Crippen LogP contribution in [0.25, 0.3) is 5.69 Å². The van der Waals surface area contributed by atoms with Crippen LogP contribution in [0.4, 0.5) is 5.69 Å². The van der Waals surface area contributed by atoms with Crippen LogP contribution in [0.3, 0.4) is 0 Å². The van der Waals surface area contributed by atoms with E-state index in [0.29, 0.717) is 16.9 Å². The molecule has 1 aromatic heterocycles. The zero-order valence-electron chi connectivity index (χ0n) is 12.1. The van der Waals surface area contributed by atoms with Crippen molar-refractivity contribution in [1.29, 1.82) is 0 Å². The van der Waals surface area contributed by atoms with Crippen LogP contribution >= 0.6 is 15.9 Å². The maximum absolute atomic E-state index is 12.2. The lowest BCUT2D eigenvalue weighted by atomic mass is 10.2. The summed E-state index contributed by atoms with van der Waals surface area (Å²) in [5.41, 5.74) is 1.71. The third kappa shape index (κ3) is 3.40. The minimum atomic E-state index is -0.561. The van der Waals surface area contributed by atoms with Gasteiger partial charge in [0.15, 0.2) is 0 Å². The molecule has 6 nitrogen and oxygen atoms in total. The highest BCUT2D eigenvalue weighted by atomic mass is 79.9. The summed E-state index contributed by atoms with van der Waals surface area (Å²) >= 11 is 3.34. The average Bonchev–Trinajstić information content (AvgIpc) is 2.88. The van der Waals surface area contributed by atoms with Gasteiger partial charge in [0.2, 0.25) is 5.89 Å². The van der Waals surface area contributed by atoms with Crippen molar-refractivity contribution in [2.24, 2.45) is 0 Å². The van der Waals surface area contributed by atoms with Gasteiger partial charge in [-0.1, -0.05) is 15.9 Å². The van der Waals surface area contributed by atoms with Crippen molar-refractivity contribution < 1.29 is 9.21 Å². The standard InChI is InChI=1S/C16H12BrN3O3/c1-10-19-20(16(22)23-10)14-8-2-11(3-9-14)15(21)18-13-6-4-12(17)5-7-13/h2-9H,1H3,(H,18,21). The molecule has 3 aromatic rings. The SMILES string of the molecule is Cc1nn(-c2ccc(C(=O)Nc3ccc(Br)cc3)cc2)c(=O)o1. The van der Waals surface area contributed by atoms with Crippen LogP contribution in [0.5, 0.6) is 0 Å². The summed E-state index contributed by atoms with van der Waals surface area (Å²) in [5, 5.41) is 6.76. The summed E-state index contributed by atoms with van der Waals surface area (Å²) in [6.45, 7) is 1.60. The largest absolute Gasteiger partial charge is 0.441 e. The first kappa shape index (κ1) is 15.2. The molecular formula is C16H12BrN3O3. The molecule has 7 heteroatoms. The molecule has 0 atom stereocenters. The van der Waals surface area contributed by atoms with E-state index >= 15 is 0 Å². The molecule has 116 valence electrons. The average molecular weight is 374 g/mol. The monoisotopic (exact) mass is 373 g/mol. The Morgan fingerprint density at radius 3 is 2.35 bits per heavy atom. The minimum absolute atomic E-state index is 0.234. The molecule has 1 amide bonds. The molecule has 0 radical (unpaired) electrons. The number of hydrogen-bond acceptors (Lipinski definition) is 4. The van der Waals surface area contributed by atoms with Gasteiger partial charge in [-0.2, -0.15) is 4.68 Å². The lowest BCUT2D eigenvalue weighted by molar-refractivity contribution is 0.102. The van der Waals surface area contributed by atoms with Crippen LogP contribution in [-0.2, 0) is 0 Å². The van der Waals surface area contributed by atoms with E-state index in [1.54, 1.807) is 43.3 Å². The molecule has 1 N–H and O–H groups in total. The molecule has 0 unspecified atom stereocenters. The summed E-state index contributed by atoms with van der Waals surface area (Å²) in [6.07, 6.45) is 0. The van der Waals surface area contributed by atoms with Crippen molar-refractivity contribution in [2.75, 3.05) is 5.32 Å². The van der Waals surface area contributed by atoms with Gasteiger partial charge in [-0.25, -0.2) is 4.79 Å². The summed E-state index contributed by atoms with van der Waals surface area (Å²) < 4.78 is 6.93. The van der Waals surface area contributed by atoms with Crippen molar-refractivity contribution in [2.45, 2.75) is 6.92 Å². The number of carbonyl (C=O) groups is 1. The fourth-order valence-electron chi connectivity index (χ4n) is 2.03. The topological polar surface area (TPSA) is 77.1 Å². The third-order valence-electron chi connectivity index (χ3n) is 3.12. The van der Waals surface area contributed by atoms with E-state index in [0.717, 1.165) is 9.15 Å². The Morgan fingerprint density at radius 1 is 1.13 bits per heavy atom. The maximum atomic E-state index is 12.2. The van der Waals surface area contributed by atoms with Gasteiger partial charge in [0.1, 0.15) is 0 Å². The summed E-state index contributed by atoms with van der Waals surface area (Å²) in [4.78, 5) is 23.8. The van der Waals surface area contributed by atoms with Gasteiger partial charge < -0.3 is 9.73 Å². The second-order valence-electron chi connectivity index (χ2n) is 4.81. The van der Waals surface area contributed by atoms with Crippen LogP contribution in [0.1, 0.15) is 16.2 Å². The van der Waals surface area contributed by atoms with Crippen LogP contribution in [0.2, 0.25) is 0 Å². The third-order valence-corrected chi connectivity index (χ3v) is 3.65. The van der Waals surface area contributed by atoms with Crippen LogP contribution in [-0.4, -0.2) is 15.7 Å². The Hall–Kier alpha value is -2.67. The number of amides is 1. The molecule has 0 saturated carbocycles. The summed E-state index contributed by atoms with van der Waals surface area (Å²) in [5.74, 6) is -0.510. The number of halogens is 1. The molecule has 3 rings (SSSR count). The number of anilines is 1. The lowest BCUT2D eigenvalue weighted by Gasteiger charge is -2.06. The Morgan fingerprint density at radius 2 is 1.78 bits per heavy atom. The molecule has 0 aliphatic carbocycles. The number of aryl methyl sites for hydroxylation is 1. The highest BCUT2D eigenvalue weighted by molar-refractivity contribution is 9.10. The molecule has 0 aliphatic heterocycles. The molecule has 0 fully saturated rings. The Bertz CT molecular complexity index is 896. The van der Waals surface area contributed by atoms with Crippen molar-refractivity contribution >= 4 is 27.5 Å².